The van der Waals surface area contributed by atoms with Gasteiger partial charge in [0.05, 0.1) is 29.4 Å². The van der Waals surface area contributed by atoms with Gasteiger partial charge in [-0.25, -0.2) is 0 Å². The highest BCUT2D eigenvalue weighted by atomic mass is 19.4. The summed E-state index contributed by atoms with van der Waals surface area (Å²) >= 11 is 0. The maximum atomic E-state index is 12.8. The van der Waals surface area contributed by atoms with Crippen LogP contribution < -0.4 is 4.90 Å². The number of rotatable bonds is 6. The number of nitro groups is 1. The number of hydrogen-bond acceptors (Lipinski definition) is 5. The average molecular weight is 373 g/mol. The van der Waals surface area contributed by atoms with Crippen molar-refractivity contribution in [3.05, 3.63) is 46.5 Å². The van der Waals surface area contributed by atoms with Crippen LogP contribution in [0.1, 0.15) is 10.4 Å². The zero-order valence-corrected chi connectivity index (χ0v) is 13.9. The van der Waals surface area contributed by atoms with E-state index in [2.05, 4.69) is 6.58 Å². The van der Waals surface area contributed by atoms with Crippen LogP contribution in [0.15, 0.2) is 30.9 Å². The van der Waals surface area contributed by atoms with Gasteiger partial charge in [0.15, 0.2) is 0 Å². The number of nitro benzene ring substituents is 1. The molecule has 0 aliphatic carbocycles. The molecule has 2 rings (SSSR count). The van der Waals surface area contributed by atoms with Crippen molar-refractivity contribution >= 4 is 17.3 Å². The van der Waals surface area contributed by atoms with Crippen LogP contribution in [-0.4, -0.2) is 61.3 Å². The van der Waals surface area contributed by atoms with Gasteiger partial charge in [-0.15, -0.1) is 6.58 Å². The van der Waals surface area contributed by atoms with Crippen molar-refractivity contribution in [1.82, 2.24) is 4.90 Å². The standard InChI is InChI=1S/C16H18F3N3O4/c1-2-5-21(11-16(17,18)19)15(23)13-10-12(22(24)25)3-4-14(13)20-6-8-26-9-7-20/h2-4,10H,1,5-9,11H2. The first-order valence-electron chi connectivity index (χ1n) is 7.81. The van der Waals surface area contributed by atoms with Crippen molar-refractivity contribution in [3.63, 3.8) is 0 Å². The first-order chi connectivity index (χ1) is 12.2. The molecule has 0 saturated carbocycles. The summed E-state index contributed by atoms with van der Waals surface area (Å²) in [7, 11) is 0. The second kappa shape index (κ2) is 8.17. The lowest BCUT2D eigenvalue weighted by molar-refractivity contribution is -0.384. The summed E-state index contributed by atoms with van der Waals surface area (Å²) in [6.07, 6.45) is -3.42. The van der Waals surface area contributed by atoms with Crippen LogP contribution in [0.4, 0.5) is 24.5 Å². The molecule has 1 aliphatic heterocycles. The predicted molar refractivity (Wildman–Crippen MR) is 88.3 cm³/mol. The van der Waals surface area contributed by atoms with Gasteiger partial charge in [0, 0.05) is 31.8 Å². The summed E-state index contributed by atoms with van der Waals surface area (Å²) in [6, 6.07) is 3.62. The Morgan fingerprint density at radius 1 is 1.38 bits per heavy atom. The van der Waals surface area contributed by atoms with Gasteiger partial charge in [-0.2, -0.15) is 13.2 Å². The number of non-ortho nitro benzene ring substituents is 1. The van der Waals surface area contributed by atoms with Crippen LogP contribution >= 0.6 is 0 Å². The third-order valence-electron chi connectivity index (χ3n) is 3.78. The molecule has 142 valence electrons. The lowest BCUT2D eigenvalue weighted by atomic mass is 10.1. The largest absolute Gasteiger partial charge is 0.406 e. The van der Waals surface area contributed by atoms with Gasteiger partial charge in [-0.3, -0.25) is 14.9 Å². The Kier molecular flexibility index (Phi) is 6.19. The number of anilines is 1. The number of carbonyl (C=O) groups excluding carboxylic acids is 1. The van der Waals surface area contributed by atoms with E-state index in [1.807, 2.05) is 0 Å². The summed E-state index contributed by atoms with van der Waals surface area (Å²) < 4.78 is 43.6. The predicted octanol–water partition coefficient (Wildman–Crippen LogP) is 2.62. The second-order valence-corrected chi connectivity index (χ2v) is 5.65. The fraction of sp³-hybridized carbons (Fsp3) is 0.438. The molecule has 1 aromatic carbocycles. The zero-order chi connectivity index (χ0) is 19.3. The molecule has 1 aromatic rings. The lowest BCUT2D eigenvalue weighted by Gasteiger charge is -2.31. The summed E-state index contributed by atoms with van der Waals surface area (Å²) in [5, 5.41) is 11.0. The maximum Gasteiger partial charge on any atom is 0.406 e. The van der Waals surface area contributed by atoms with Crippen LogP contribution in [0.3, 0.4) is 0 Å². The molecule has 1 amide bonds. The quantitative estimate of drug-likeness (QED) is 0.435. The molecule has 1 fully saturated rings. The number of nitrogens with zero attached hydrogens (tertiary/aromatic N) is 3. The Morgan fingerprint density at radius 3 is 2.58 bits per heavy atom. The van der Waals surface area contributed by atoms with E-state index in [0.29, 0.717) is 36.9 Å². The monoisotopic (exact) mass is 373 g/mol. The summed E-state index contributed by atoms with van der Waals surface area (Å²) in [5.74, 6) is -0.938. The molecule has 0 atom stereocenters. The molecule has 1 heterocycles. The van der Waals surface area contributed by atoms with Crippen LogP contribution in [-0.2, 0) is 4.74 Å². The topological polar surface area (TPSA) is 75.9 Å². The molecule has 0 radical (unpaired) electrons. The fourth-order valence-corrected chi connectivity index (χ4v) is 2.65. The molecule has 0 spiro atoms. The van der Waals surface area contributed by atoms with Gasteiger partial charge in [0.1, 0.15) is 6.54 Å². The van der Waals surface area contributed by atoms with E-state index in [1.54, 1.807) is 4.90 Å². The van der Waals surface area contributed by atoms with E-state index in [0.717, 1.165) is 6.07 Å². The minimum absolute atomic E-state index is 0.146. The Labute approximate surface area is 147 Å². The van der Waals surface area contributed by atoms with E-state index in [-0.39, 0.29) is 17.8 Å². The highest BCUT2D eigenvalue weighted by Crippen LogP contribution is 2.28. The minimum atomic E-state index is -4.60. The maximum absolute atomic E-state index is 12.8. The summed E-state index contributed by atoms with van der Waals surface area (Å²) in [4.78, 5) is 25.4. The number of carbonyl (C=O) groups is 1. The number of amides is 1. The molecule has 10 heteroatoms. The number of hydrogen-bond donors (Lipinski definition) is 0. The second-order valence-electron chi connectivity index (χ2n) is 5.65. The van der Waals surface area contributed by atoms with Crippen molar-refractivity contribution in [2.75, 3.05) is 44.3 Å². The number of morpholine rings is 1. The molecular weight excluding hydrogens is 355 g/mol. The SMILES string of the molecule is C=CCN(CC(F)(F)F)C(=O)c1cc([N+](=O)[O-])ccc1N1CCOCC1. The average Bonchev–Trinajstić information content (AvgIpc) is 2.60. The van der Waals surface area contributed by atoms with E-state index < -0.39 is 23.6 Å². The van der Waals surface area contributed by atoms with E-state index in [1.165, 1.54) is 18.2 Å². The van der Waals surface area contributed by atoms with Gasteiger partial charge in [-0.05, 0) is 6.07 Å². The molecule has 1 saturated heterocycles. The first kappa shape index (κ1) is 19.7. The Morgan fingerprint density at radius 2 is 2.04 bits per heavy atom. The third-order valence-corrected chi connectivity index (χ3v) is 3.78. The zero-order valence-electron chi connectivity index (χ0n) is 13.9. The Balaban J connectivity index is 2.44. The summed E-state index contributed by atoms with van der Waals surface area (Å²) in [6.45, 7) is 3.21. The molecule has 1 aliphatic rings. The summed E-state index contributed by atoms with van der Waals surface area (Å²) in [5.41, 5.74) is -0.164. The van der Waals surface area contributed by atoms with Crippen LogP contribution in [0.5, 0.6) is 0 Å². The van der Waals surface area contributed by atoms with Gasteiger partial charge < -0.3 is 14.5 Å². The van der Waals surface area contributed by atoms with E-state index >= 15 is 0 Å². The molecule has 26 heavy (non-hydrogen) atoms. The minimum Gasteiger partial charge on any atom is -0.378 e. The Bertz CT molecular complexity index is 688. The lowest BCUT2D eigenvalue weighted by Crippen LogP contribution is -2.41. The number of benzene rings is 1. The van der Waals surface area contributed by atoms with E-state index in [9.17, 15) is 28.1 Å². The molecule has 7 nitrogen and oxygen atoms in total. The number of halogens is 3. The van der Waals surface area contributed by atoms with Crippen LogP contribution in [0.2, 0.25) is 0 Å². The normalized spacial score (nSPS) is 14.8. The van der Waals surface area contributed by atoms with Crippen LogP contribution in [0, 0.1) is 10.1 Å². The fourth-order valence-electron chi connectivity index (χ4n) is 2.65. The molecule has 0 aromatic heterocycles. The highest BCUT2D eigenvalue weighted by Gasteiger charge is 2.34. The van der Waals surface area contributed by atoms with Crippen molar-refractivity contribution < 1.29 is 27.6 Å². The molecule has 0 N–H and O–H groups in total. The molecular formula is C16H18F3N3O4. The van der Waals surface area contributed by atoms with Gasteiger partial charge in [0.2, 0.25) is 0 Å². The highest BCUT2D eigenvalue weighted by molar-refractivity contribution is 6.00. The van der Waals surface area contributed by atoms with Gasteiger partial charge in [-0.1, -0.05) is 6.08 Å². The molecule has 0 bridgehead atoms. The Hall–Kier alpha value is -2.62. The van der Waals surface area contributed by atoms with Crippen molar-refractivity contribution in [3.8, 4) is 0 Å². The van der Waals surface area contributed by atoms with Gasteiger partial charge in [0.25, 0.3) is 11.6 Å². The van der Waals surface area contributed by atoms with Crippen molar-refractivity contribution in [2.24, 2.45) is 0 Å². The van der Waals surface area contributed by atoms with Crippen molar-refractivity contribution in [1.29, 1.82) is 0 Å². The number of ether oxygens (including phenoxy) is 1. The van der Waals surface area contributed by atoms with Crippen LogP contribution in [0.25, 0.3) is 0 Å². The number of alkyl halides is 3. The van der Waals surface area contributed by atoms with E-state index in [4.69, 9.17) is 4.74 Å². The third kappa shape index (κ3) is 4.94. The smallest absolute Gasteiger partial charge is 0.378 e. The van der Waals surface area contributed by atoms with Gasteiger partial charge >= 0.3 is 6.18 Å². The first-order valence-corrected chi connectivity index (χ1v) is 7.81. The molecule has 0 unspecified atom stereocenters. The van der Waals surface area contributed by atoms with Crippen molar-refractivity contribution in [2.45, 2.75) is 6.18 Å².